The third-order valence-electron chi connectivity index (χ3n) is 4.42. The van der Waals surface area contributed by atoms with Gasteiger partial charge in [-0.15, -0.1) is 0 Å². The van der Waals surface area contributed by atoms with Crippen molar-refractivity contribution >= 4 is 17.8 Å². The highest BCUT2D eigenvalue weighted by atomic mass is 16.5. The molecule has 0 aliphatic carbocycles. The lowest BCUT2D eigenvalue weighted by Gasteiger charge is -2.17. The lowest BCUT2D eigenvalue weighted by atomic mass is 10.2. The molecule has 0 atom stereocenters. The fraction of sp³-hybridized carbons (Fsp3) is 0.364. The molecule has 0 aliphatic rings. The monoisotopic (exact) mass is 383 g/mol. The summed E-state index contributed by atoms with van der Waals surface area (Å²) < 4.78 is 5.37. The molecule has 0 unspecified atom stereocenters. The summed E-state index contributed by atoms with van der Waals surface area (Å²) in [5, 5.41) is 13.1. The summed E-state index contributed by atoms with van der Waals surface area (Å²) in [4.78, 5) is 18.8. The Morgan fingerprint density at radius 1 is 1.14 bits per heavy atom. The van der Waals surface area contributed by atoms with Crippen LogP contribution in [0.5, 0.6) is 11.5 Å². The average Bonchev–Trinajstić information content (AvgIpc) is 2.72. The van der Waals surface area contributed by atoms with Crippen molar-refractivity contribution in [1.82, 2.24) is 10.2 Å². The Labute approximate surface area is 166 Å². The number of para-hydroxylation sites is 1. The number of aliphatic imine (C=N–C) groups is 1. The first-order chi connectivity index (χ1) is 13.6. The molecule has 2 N–H and O–H groups in total. The van der Waals surface area contributed by atoms with Gasteiger partial charge >= 0.3 is 0 Å². The first-order valence-corrected chi connectivity index (χ1v) is 9.68. The second-order valence-electron chi connectivity index (χ2n) is 6.21. The van der Waals surface area contributed by atoms with Crippen molar-refractivity contribution < 1.29 is 14.6 Å². The van der Waals surface area contributed by atoms with Gasteiger partial charge in [0.05, 0.1) is 12.3 Å². The number of phenols is 1. The van der Waals surface area contributed by atoms with Gasteiger partial charge in [0.15, 0.2) is 11.5 Å². The molecule has 0 saturated heterocycles. The molecule has 1 amide bonds. The van der Waals surface area contributed by atoms with Crippen LogP contribution < -0.4 is 10.1 Å². The summed E-state index contributed by atoms with van der Waals surface area (Å²) in [6.45, 7) is 9.97. The van der Waals surface area contributed by atoms with E-state index in [0.29, 0.717) is 35.7 Å². The fourth-order valence-electron chi connectivity index (χ4n) is 2.73. The average molecular weight is 383 g/mol. The second kappa shape index (κ2) is 11.1. The van der Waals surface area contributed by atoms with Gasteiger partial charge in [0.1, 0.15) is 0 Å². The summed E-state index contributed by atoms with van der Waals surface area (Å²) >= 11 is 0. The van der Waals surface area contributed by atoms with Crippen LogP contribution in [-0.4, -0.2) is 54.9 Å². The van der Waals surface area contributed by atoms with Gasteiger partial charge in [-0.05, 0) is 56.4 Å². The summed E-state index contributed by atoms with van der Waals surface area (Å²) in [5.74, 6) is 0.408. The van der Waals surface area contributed by atoms with E-state index in [1.54, 1.807) is 48.7 Å². The van der Waals surface area contributed by atoms with Gasteiger partial charge in [0.25, 0.3) is 5.91 Å². The highest BCUT2D eigenvalue weighted by molar-refractivity contribution is 5.94. The Bertz CT molecular complexity index is 784. The van der Waals surface area contributed by atoms with E-state index in [2.05, 4.69) is 29.1 Å². The third kappa shape index (κ3) is 6.09. The minimum absolute atomic E-state index is 0.0669. The lowest BCUT2D eigenvalue weighted by molar-refractivity contribution is 0.0949. The number of rotatable bonds is 10. The van der Waals surface area contributed by atoms with Crippen molar-refractivity contribution in [2.24, 2.45) is 4.99 Å². The molecule has 2 aromatic carbocycles. The van der Waals surface area contributed by atoms with Crippen LogP contribution in [0.25, 0.3) is 0 Å². The Hall–Kier alpha value is -2.86. The molecule has 150 valence electrons. The van der Waals surface area contributed by atoms with Crippen molar-refractivity contribution in [2.45, 2.75) is 20.8 Å². The quantitative estimate of drug-likeness (QED) is 0.615. The minimum Gasteiger partial charge on any atom is -0.504 e. The molecule has 0 aromatic heterocycles. The van der Waals surface area contributed by atoms with Gasteiger partial charge in [0.2, 0.25) is 0 Å². The zero-order valence-corrected chi connectivity index (χ0v) is 16.8. The van der Waals surface area contributed by atoms with Crippen molar-refractivity contribution in [3.8, 4) is 11.5 Å². The van der Waals surface area contributed by atoms with Crippen LogP contribution in [0.15, 0.2) is 47.5 Å². The van der Waals surface area contributed by atoms with Crippen LogP contribution in [0.1, 0.15) is 36.7 Å². The molecule has 2 rings (SSSR count). The normalized spacial score (nSPS) is 11.1. The van der Waals surface area contributed by atoms with Crippen molar-refractivity contribution in [3.05, 3.63) is 53.6 Å². The van der Waals surface area contributed by atoms with Gasteiger partial charge in [0, 0.05) is 30.4 Å². The highest BCUT2D eigenvalue weighted by Gasteiger charge is 2.07. The number of carbonyl (C=O) groups excluding carboxylic acids is 1. The molecule has 6 nitrogen and oxygen atoms in total. The van der Waals surface area contributed by atoms with E-state index >= 15 is 0 Å². The van der Waals surface area contributed by atoms with Crippen molar-refractivity contribution in [1.29, 1.82) is 0 Å². The molecule has 0 spiro atoms. The standard InChI is InChI=1S/C22H29N3O3/c1-4-25(5-2)15-14-23-22(27)17-10-12-19(13-11-17)24-16-18-8-7-9-20(21(18)26)28-6-3/h7-13,16,26H,4-6,14-15H2,1-3H3,(H,23,27). The predicted molar refractivity (Wildman–Crippen MR) is 113 cm³/mol. The molecule has 0 radical (unpaired) electrons. The minimum atomic E-state index is -0.0928. The first kappa shape index (κ1) is 21.4. The van der Waals surface area contributed by atoms with Crippen LogP contribution in [0.3, 0.4) is 0 Å². The third-order valence-corrected chi connectivity index (χ3v) is 4.42. The van der Waals surface area contributed by atoms with Crippen LogP contribution in [0.4, 0.5) is 5.69 Å². The maximum absolute atomic E-state index is 12.2. The first-order valence-electron chi connectivity index (χ1n) is 9.68. The van der Waals surface area contributed by atoms with E-state index in [9.17, 15) is 9.90 Å². The van der Waals surface area contributed by atoms with E-state index in [-0.39, 0.29) is 11.7 Å². The molecule has 0 fully saturated rings. The number of likely N-dealkylation sites (N-methyl/N-ethyl adjacent to an activating group) is 1. The molecule has 0 aliphatic heterocycles. The fourth-order valence-corrected chi connectivity index (χ4v) is 2.73. The zero-order chi connectivity index (χ0) is 20.4. The highest BCUT2D eigenvalue weighted by Crippen LogP contribution is 2.29. The van der Waals surface area contributed by atoms with Gasteiger partial charge in [-0.3, -0.25) is 9.79 Å². The number of aromatic hydroxyl groups is 1. The van der Waals surface area contributed by atoms with Gasteiger partial charge in [-0.1, -0.05) is 19.9 Å². The van der Waals surface area contributed by atoms with Gasteiger partial charge < -0.3 is 20.1 Å². The molecular weight excluding hydrogens is 354 g/mol. The Balaban J connectivity index is 1.96. The molecule has 28 heavy (non-hydrogen) atoms. The molecule has 0 saturated carbocycles. The Morgan fingerprint density at radius 3 is 2.50 bits per heavy atom. The van der Waals surface area contributed by atoms with E-state index in [0.717, 1.165) is 19.6 Å². The van der Waals surface area contributed by atoms with E-state index in [1.165, 1.54) is 0 Å². The zero-order valence-electron chi connectivity index (χ0n) is 16.8. The van der Waals surface area contributed by atoms with E-state index in [1.807, 2.05) is 6.92 Å². The van der Waals surface area contributed by atoms with Gasteiger partial charge in [-0.2, -0.15) is 0 Å². The molecule has 6 heteroatoms. The van der Waals surface area contributed by atoms with E-state index in [4.69, 9.17) is 4.74 Å². The number of nitrogens with one attached hydrogen (secondary N) is 1. The lowest BCUT2D eigenvalue weighted by Crippen LogP contribution is -2.34. The maximum atomic E-state index is 12.2. The number of benzene rings is 2. The summed E-state index contributed by atoms with van der Waals surface area (Å²) in [5.41, 5.74) is 1.87. The number of ether oxygens (including phenoxy) is 1. The summed E-state index contributed by atoms with van der Waals surface area (Å²) in [6, 6.07) is 12.3. The smallest absolute Gasteiger partial charge is 0.251 e. The number of carbonyl (C=O) groups is 1. The number of hydrogen-bond acceptors (Lipinski definition) is 5. The molecule has 0 heterocycles. The van der Waals surface area contributed by atoms with Crippen LogP contribution in [0, 0.1) is 0 Å². The Morgan fingerprint density at radius 2 is 1.86 bits per heavy atom. The molecular formula is C22H29N3O3. The molecule has 2 aromatic rings. The maximum Gasteiger partial charge on any atom is 0.251 e. The van der Waals surface area contributed by atoms with E-state index < -0.39 is 0 Å². The number of phenolic OH excluding ortho intramolecular Hbond substituents is 1. The topological polar surface area (TPSA) is 74.2 Å². The van der Waals surface area contributed by atoms with Gasteiger partial charge in [-0.25, -0.2) is 0 Å². The summed E-state index contributed by atoms with van der Waals surface area (Å²) in [6.07, 6.45) is 1.58. The van der Waals surface area contributed by atoms with Crippen LogP contribution in [-0.2, 0) is 0 Å². The predicted octanol–water partition coefficient (Wildman–Crippen LogP) is 3.61. The van der Waals surface area contributed by atoms with Crippen molar-refractivity contribution in [3.63, 3.8) is 0 Å². The Kier molecular flexibility index (Phi) is 8.49. The van der Waals surface area contributed by atoms with Crippen LogP contribution in [0.2, 0.25) is 0 Å². The largest absolute Gasteiger partial charge is 0.504 e. The second-order valence-corrected chi connectivity index (χ2v) is 6.21. The number of amides is 1. The van der Waals surface area contributed by atoms with Crippen molar-refractivity contribution in [2.75, 3.05) is 32.8 Å². The van der Waals surface area contributed by atoms with Crippen LogP contribution >= 0.6 is 0 Å². The number of nitrogens with zero attached hydrogens (tertiary/aromatic N) is 2. The molecule has 0 bridgehead atoms. The summed E-state index contributed by atoms with van der Waals surface area (Å²) in [7, 11) is 0. The number of hydrogen-bond donors (Lipinski definition) is 2. The SMILES string of the molecule is CCOc1cccc(C=Nc2ccc(C(=O)NCCN(CC)CC)cc2)c1O.